The molecule has 1 N–H and O–H groups in total. The van der Waals surface area contributed by atoms with Crippen LogP contribution in [0.2, 0.25) is 0 Å². The first-order chi connectivity index (χ1) is 22.8. The van der Waals surface area contributed by atoms with Gasteiger partial charge in [-0.3, -0.25) is 0 Å². The van der Waals surface area contributed by atoms with E-state index in [-0.39, 0.29) is 0 Å². The zero-order chi connectivity index (χ0) is 29.9. The maximum absolute atomic E-state index is 6.68. The van der Waals surface area contributed by atoms with Gasteiger partial charge < -0.3 is 18.2 Å². The van der Waals surface area contributed by atoms with Gasteiger partial charge in [-0.1, -0.05) is 78.9 Å². The van der Waals surface area contributed by atoms with Gasteiger partial charge in [-0.15, -0.1) is 0 Å². The Bertz CT molecular complexity index is 3050. The number of hydrogen-bond donors (Lipinski definition) is 1. The maximum Gasteiger partial charge on any atom is 0.180 e. The van der Waals surface area contributed by atoms with Gasteiger partial charge in [0.05, 0.1) is 11.1 Å². The monoisotopic (exact) mass is 591 g/mol. The number of aromatic nitrogens is 3. The Labute approximate surface area is 259 Å². The van der Waals surface area contributed by atoms with Crippen molar-refractivity contribution in [3.8, 4) is 22.6 Å². The SMILES string of the molecule is c1ccc2c(c1)[nH]c1cc3oc4c(-c5cccc6c5oc5ccccc56)nc(-c5cccc6c5oc5ccccc56)nc4c3cc12. The molecule has 0 saturated carbocycles. The van der Waals surface area contributed by atoms with E-state index in [9.17, 15) is 0 Å². The summed E-state index contributed by atoms with van der Waals surface area (Å²) in [4.78, 5) is 14.0. The molecule has 214 valence electrons. The van der Waals surface area contributed by atoms with E-state index in [4.69, 9.17) is 23.2 Å². The third-order valence-corrected chi connectivity index (χ3v) is 9.24. The first-order valence-corrected chi connectivity index (χ1v) is 15.2. The van der Waals surface area contributed by atoms with Crippen LogP contribution in [-0.4, -0.2) is 15.0 Å². The number of benzene rings is 6. The van der Waals surface area contributed by atoms with Crippen molar-refractivity contribution in [3.05, 3.63) is 121 Å². The summed E-state index contributed by atoms with van der Waals surface area (Å²) in [6, 6.07) is 41.1. The third-order valence-electron chi connectivity index (χ3n) is 9.24. The quantitative estimate of drug-likeness (QED) is 0.216. The number of nitrogens with zero attached hydrogens (tertiary/aromatic N) is 2. The van der Waals surface area contributed by atoms with Gasteiger partial charge >= 0.3 is 0 Å². The van der Waals surface area contributed by atoms with Crippen molar-refractivity contribution in [2.45, 2.75) is 0 Å². The van der Waals surface area contributed by atoms with Gasteiger partial charge in [0, 0.05) is 54.9 Å². The van der Waals surface area contributed by atoms with Crippen LogP contribution in [0.25, 0.3) is 110 Å². The van der Waals surface area contributed by atoms with Crippen LogP contribution in [0, 0.1) is 0 Å². The Balaban J connectivity index is 1.28. The van der Waals surface area contributed by atoms with Crippen LogP contribution >= 0.6 is 0 Å². The second kappa shape index (κ2) is 8.61. The fraction of sp³-hybridized carbons (Fsp3) is 0. The molecule has 5 aromatic heterocycles. The fourth-order valence-electron chi connectivity index (χ4n) is 7.15. The highest BCUT2D eigenvalue weighted by atomic mass is 16.3. The average molecular weight is 592 g/mol. The van der Waals surface area contributed by atoms with Gasteiger partial charge in [-0.05, 0) is 36.4 Å². The Hall–Kier alpha value is -6.40. The molecule has 0 saturated heterocycles. The molecule has 0 atom stereocenters. The van der Waals surface area contributed by atoms with E-state index in [0.29, 0.717) is 17.1 Å². The molecule has 11 aromatic rings. The van der Waals surface area contributed by atoms with Crippen LogP contribution in [0.1, 0.15) is 0 Å². The Morgan fingerprint density at radius 3 is 1.78 bits per heavy atom. The van der Waals surface area contributed by atoms with E-state index in [2.05, 4.69) is 59.6 Å². The second-order valence-corrected chi connectivity index (χ2v) is 11.8. The number of furan rings is 3. The Kier molecular flexibility index (Phi) is 4.49. The summed E-state index contributed by atoms with van der Waals surface area (Å²) in [6.45, 7) is 0. The van der Waals surface area contributed by atoms with Crippen molar-refractivity contribution < 1.29 is 13.3 Å². The molecule has 0 radical (unpaired) electrons. The van der Waals surface area contributed by atoms with E-state index in [1.807, 2.05) is 66.7 Å². The average Bonchev–Trinajstić information content (AvgIpc) is 3.86. The molecule has 0 fully saturated rings. The number of hydrogen-bond acceptors (Lipinski definition) is 5. The highest BCUT2D eigenvalue weighted by Gasteiger charge is 2.24. The van der Waals surface area contributed by atoms with Gasteiger partial charge in [0.2, 0.25) is 0 Å². The Morgan fingerprint density at radius 2 is 1.02 bits per heavy atom. The van der Waals surface area contributed by atoms with E-state index in [1.165, 1.54) is 0 Å². The number of rotatable bonds is 2. The summed E-state index contributed by atoms with van der Waals surface area (Å²) < 4.78 is 19.6. The molecule has 0 amide bonds. The molecule has 6 heteroatoms. The lowest BCUT2D eigenvalue weighted by Gasteiger charge is -2.07. The first-order valence-electron chi connectivity index (χ1n) is 15.2. The van der Waals surface area contributed by atoms with E-state index in [1.54, 1.807) is 0 Å². The summed E-state index contributed by atoms with van der Waals surface area (Å²) in [5.41, 5.74) is 9.67. The molecule has 0 aliphatic carbocycles. The third kappa shape index (κ3) is 3.14. The zero-order valence-corrected chi connectivity index (χ0v) is 24.2. The molecule has 11 rings (SSSR count). The number of fused-ring (bicyclic) bond motifs is 12. The smallest absolute Gasteiger partial charge is 0.180 e. The van der Waals surface area contributed by atoms with Gasteiger partial charge in [-0.2, -0.15) is 0 Å². The van der Waals surface area contributed by atoms with Crippen molar-refractivity contribution in [1.82, 2.24) is 15.0 Å². The van der Waals surface area contributed by atoms with E-state index >= 15 is 0 Å². The maximum atomic E-state index is 6.68. The largest absolute Gasteiger partial charge is 0.455 e. The highest BCUT2D eigenvalue weighted by molar-refractivity contribution is 6.18. The van der Waals surface area contributed by atoms with Crippen LogP contribution in [-0.2, 0) is 0 Å². The predicted molar refractivity (Wildman–Crippen MR) is 184 cm³/mol. The van der Waals surface area contributed by atoms with Crippen LogP contribution in [0.15, 0.2) is 135 Å². The van der Waals surface area contributed by atoms with Gasteiger partial charge in [0.25, 0.3) is 0 Å². The summed E-state index contributed by atoms with van der Waals surface area (Å²) in [5, 5.41) is 7.36. The summed E-state index contributed by atoms with van der Waals surface area (Å²) >= 11 is 0. The van der Waals surface area contributed by atoms with E-state index in [0.717, 1.165) is 93.3 Å². The van der Waals surface area contributed by atoms with Crippen molar-refractivity contribution in [2.24, 2.45) is 0 Å². The molecule has 6 nitrogen and oxygen atoms in total. The number of aromatic amines is 1. The molecule has 0 spiro atoms. The molecule has 6 aromatic carbocycles. The van der Waals surface area contributed by atoms with Gasteiger partial charge in [-0.25, -0.2) is 9.97 Å². The minimum absolute atomic E-state index is 0.557. The first kappa shape index (κ1) is 24.0. The van der Waals surface area contributed by atoms with Crippen molar-refractivity contribution in [2.75, 3.05) is 0 Å². The normalized spacial score (nSPS) is 12.3. The molecular formula is C40H21N3O3. The molecule has 46 heavy (non-hydrogen) atoms. The lowest BCUT2D eigenvalue weighted by molar-refractivity contribution is 0.662. The number of para-hydroxylation sites is 5. The minimum atomic E-state index is 0.557. The molecule has 0 bridgehead atoms. The van der Waals surface area contributed by atoms with Crippen LogP contribution in [0.5, 0.6) is 0 Å². The summed E-state index contributed by atoms with van der Waals surface area (Å²) in [7, 11) is 0. The summed E-state index contributed by atoms with van der Waals surface area (Å²) in [6.07, 6.45) is 0. The van der Waals surface area contributed by atoms with Gasteiger partial charge in [0.15, 0.2) is 11.4 Å². The number of H-pyrrole nitrogens is 1. The lowest BCUT2D eigenvalue weighted by Crippen LogP contribution is -1.94. The summed E-state index contributed by atoms with van der Waals surface area (Å²) in [5.74, 6) is 0.557. The lowest BCUT2D eigenvalue weighted by atomic mass is 10.0. The highest BCUT2D eigenvalue weighted by Crippen LogP contribution is 2.43. The van der Waals surface area contributed by atoms with Crippen LogP contribution in [0.3, 0.4) is 0 Å². The van der Waals surface area contributed by atoms with Crippen LogP contribution in [0.4, 0.5) is 0 Å². The standard InChI is InChI=1S/C40H21N3O3/c1-4-16-30-21(9-1)28-19-29-34(20-31(28)41-30)46-39-35(26-14-7-12-24-22-10-2-5-17-32(22)44-37(24)26)42-40(43-36(29)39)27-15-8-13-25-23-11-3-6-18-33(23)45-38(25)27/h1-20,41H. The van der Waals surface area contributed by atoms with E-state index < -0.39 is 0 Å². The van der Waals surface area contributed by atoms with Crippen molar-refractivity contribution in [1.29, 1.82) is 0 Å². The molecule has 5 heterocycles. The fourth-order valence-corrected chi connectivity index (χ4v) is 7.15. The van der Waals surface area contributed by atoms with Crippen LogP contribution < -0.4 is 0 Å². The van der Waals surface area contributed by atoms with Crippen molar-refractivity contribution in [3.63, 3.8) is 0 Å². The Morgan fingerprint density at radius 1 is 0.413 bits per heavy atom. The number of nitrogens with one attached hydrogen (secondary N) is 1. The molecule has 0 aliphatic heterocycles. The topological polar surface area (TPSA) is 81.0 Å². The second-order valence-electron chi connectivity index (χ2n) is 11.8. The zero-order valence-electron chi connectivity index (χ0n) is 24.2. The molecule has 0 aliphatic rings. The minimum Gasteiger partial charge on any atom is -0.455 e. The molecule has 0 unspecified atom stereocenters. The molecular weight excluding hydrogens is 570 g/mol. The van der Waals surface area contributed by atoms with Gasteiger partial charge in [0.1, 0.15) is 39.1 Å². The van der Waals surface area contributed by atoms with Crippen molar-refractivity contribution >= 4 is 87.8 Å². The predicted octanol–water partition coefficient (Wildman–Crippen LogP) is 11.1.